The van der Waals surface area contributed by atoms with E-state index in [0.29, 0.717) is 13.1 Å². The second-order valence-corrected chi connectivity index (χ2v) is 6.68. The monoisotopic (exact) mass is 269 g/mol. The van der Waals surface area contributed by atoms with E-state index in [2.05, 4.69) is 0 Å². The average molecular weight is 269 g/mol. The zero-order valence-corrected chi connectivity index (χ0v) is 12.9. The molecule has 0 radical (unpaired) electrons. The number of ether oxygens (including phenoxy) is 1. The van der Waals surface area contributed by atoms with Gasteiger partial charge in [0.2, 0.25) is 0 Å². The Balaban J connectivity index is 2.68. The van der Waals surface area contributed by atoms with Crippen LogP contribution in [0.2, 0.25) is 0 Å². The Morgan fingerprint density at radius 1 is 1.21 bits per heavy atom. The fraction of sp³-hybridized carbons (Fsp3) is 0.867. The molecule has 0 aliphatic carbocycles. The Bertz CT molecular complexity index is 331. The smallest absolute Gasteiger partial charge is 0.410 e. The molecule has 0 saturated carbocycles. The van der Waals surface area contributed by atoms with Crippen LogP contribution in [0.25, 0.3) is 0 Å². The van der Waals surface area contributed by atoms with Gasteiger partial charge in [-0.15, -0.1) is 0 Å². The molecular weight excluding hydrogens is 242 g/mol. The van der Waals surface area contributed by atoms with Gasteiger partial charge in [-0.3, -0.25) is 4.79 Å². The summed E-state index contributed by atoms with van der Waals surface area (Å²) in [6.45, 7) is 10.6. The lowest BCUT2D eigenvalue weighted by atomic mass is 9.91. The van der Waals surface area contributed by atoms with E-state index in [1.54, 1.807) is 4.90 Å². The highest BCUT2D eigenvalue weighted by atomic mass is 16.6. The van der Waals surface area contributed by atoms with E-state index < -0.39 is 5.60 Å². The van der Waals surface area contributed by atoms with Gasteiger partial charge in [-0.1, -0.05) is 20.3 Å². The van der Waals surface area contributed by atoms with Gasteiger partial charge in [-0.05, 0) is 33.6 Å². The van der Waals surface area contributed by atoms with Crippen LogP contribution < -0.4 is 0 Å². The fourth-order valence-corrected chi connectivity index (χ4v) is 2.34. The average Bonchev–Trinajstić information content (AvgIpc) is 2.50. The molecule has 1 atom stereocenters. The van der Waals surface area contributed by atoms with Crippen molar-refractivity contribution < 1.29 is 14.3 Å². The molecule has 1 rings (SSSR count). The predicted molar refractivity (Wildman–Crippen MR) is 75.0 cm³/mol. The Kier molecular flexibility index (Phi) is 5.39. The van der Waals surface area contributed by atoms with Crippen molar-refractivity contribution in [1.82, 2.24) is 4.90 Å². The molecule has 0 bridgehead atoms. The van der Waals surface area contributed by atoms with Crippen LogP contribution in [0.3, 0.4) is 0 Å². The van der Waals surface area contributed by atoms with Crippen molar-refractivity contribution >= 4 is 11.9 Å². The summed E-state index contributed by atoms with van der Waals surface area (Å²) in [4.78, 5) is 25.9. The molecule has 1 aliphatic rings. The van der Waals surface area contributed by atoms with Crippen molar-refractivity contribution in [2.45, 2.75) is 59.5 Å². The molecule has 1 heterocycles. The number of carbonyl (C=O) groups excluding carboxylic acids is 2. The van der Waals surface area contributed by atoms with Gasteiger partial charge in [-0.25, -0.2) is 4.79 Å². The van der Waals surface area contributed by atoms with Crippen LogP contribution in [0.1, 0.15) is 53.9 Å². The van der Waals surface area contributed by atoms with E-state index in [1.807, 2.05) is 34.6 Å². The Morgan fingerprint density at radius 2 is 1.84 bits per heavy atom. The summed E-state index contributed by atoms with van der Waals surface area (Å²) in [7, 11) is 0. The van der Waals surface area contributed by atoms with Crippen LogP contribution in [0.5, 0.6) is 0 Å². The maximum absolute atomic E-state index is 12.1. The first-order valence-electron chi connectivity index (χ1n) is 7.22. The topological polar surface area (TPSA) is 46.6 Å². The van der Waals surface area contributed by atoms with Gasteiger partial charge in [0.25, 0.3) is 0 Å². The standard InChI is InChI=1S/C15H27NO3/c1-11(2)13(17)12-8-6-7-9-16(10-12)14(18)19-15(3,4)5/h11-12H,6-10H2,1-5H3. The van der Waals surface area contributed by atoms with Gasteiger partial charge >= 0.3 is 6.09 Å². The van der Waals surface area contributed by atoms with Crippen molar-refractivity contribution in [3.63, 3.8) is 0 Å². The molecule has 19 heavy (non-hydrogen) atoms. The Morgan fingerprint density at radius 3 is 2.37 bits per heavy atom. The van der Waals surface area contributed by atoms with Gasteiger partial charge < -0.3 is 9.64 Å². The summed E-state index contributed by atoms with van der Waals surface area (Å²) in [6.07, 6.45) is 2.54. The number of ketones is 1. The summed E-state index contributed by atoms with van der Waals surface area (Å²) in [5, 5.41) is 0. The van der Waals surface area contributed by atoms with Gasteiger partial charge in [0, 0.05) is 24.9 Å². The van der Waals surface area contributed by atoms with Crippen LogP contribution in [0, 0.1) is 11.8 Å². The molecule has 1 fully saturated rings. The number of Topliss-reactive ketones (excluding diaryl/α,β-unsaturated/α-hetero) is 1. The van der Waals surface area contributed by atoms with E-state index >= 15 is 0 Å². The maximum atomic E-state index is 12.1. The molecule has 4 nitrogen and oxygen atoms in total. The molecule has 0 spiro atoms. The number of amides is 1. The van der Waals surface area contributed by atoms with Gasteiger partial charge in [0.15, 0.2) is 0 Å². The molecule has 0 N–H and O–H groups in total. The van der Waals surface area contributed by atoms with Gasteiger partial charge in [0.05, 0.1) is 0 Å². The van der Waals surface area contributed by atoms with E-state index in [-0.39, 0.29) is 23.7 Å². The minimum Gasteiger partial charge on any atom is -0.444 e. The third kappa shape index (κ3) is 5.21. The Hall–Kier alpha value is -1.06. The highest BCUT2D eigenvalue weighted by Crippen LogP contribution is 2.22. The van der Waals surface area contributed by atoms with Crippen molar-refractivity contribution in [1.29, 1.82) is 0 Å². The molecule has 1 aliphatic heterocycles. The minimum atomic E-state index is -0.485. The first kappa shape index (κ1) is 16.0. The first-order chi connectivity index (χ1) is 8.70. The highest BCUT2D eigenvalue weighted by Gasteiger charge is 2.30. The summed E-state index contributed by atoms with van der Waals surface area (Å²) in [5.41, 5.74) is -0.485. The summed E-state index contributed by atoms with van der Waals surface area (Å²) in [5.74, 6) is 0.258. The second-order valence-electron chi connectivity index (χ2n) is 6.68. The van der Waals surface area contributed by atoms with Crippen LogP contribution >= 0.6 is 0 Å². The van der Waals surface area contributed by atoms with E-state index in [1.165, 1.54) is 0 Å². The third-order valence-corrected chi connectivity index (χ3v) is 3.29. The quantitative estimate of drug-likeness (QED) is 0.773. The van der Waals surface area contributed by atoms with Crippen molar-refractivity contribution in [3.05, 3.63) is 0 Å². The molecule has 4 heteroatoms. The van der Waals surface area contributed by atoms with Crippen LogP contribution in [-0.4, -0.2) is 35.5 Å². The van der Waals surface area contributed by atoms with Crippen molar-refractivity contribution in [2.75, 3.05) is 13.1 Å². The number of hydrogen-bond donors (Lipinski definition) is 0. The molecule has 0 aromatic rings. The number of carbonyl (C=O) groups is 2. The number of nitrogens with zero attached hydrogens (tertiary/aromatic N) is 1. The van der Waals surface area contributed by atoms with Crippen LogP contribution in [0.4, 0.5) is 4.79 Å². The summed E-state index contributed by atoms with van der Waals surface area (Å²) in [6, 6.07) is 0. The molecule has 0 aromatic heterocycles. The summed E-state index contributed by atoms with van der Waals surface area (Å²) < 4.78 is 5.40. The van der Waals surface area contributed by atoms with E-state index in [0.717, 1.165) is 19.3 Å². The zero-order chi connectivity index (χ0) is 14.6. The number of likely N-dealkylation sites (tertiary alicyclic amines) is 1. The lowest BCUT2D eigenvalue weighted by molar-refractivity contribution is -0.126. The van der Waals surface area contributed by atoms with Gasteiger partial charge in [-0.2, -0.15) is 0 Å². The van der Waals surface area contributed by atoms with Crippen molar-refractivity contribution in [3.8, 4) is 0 Å². The first-order valence-corrected chi connectivity index (χ1v) is 7.22. The highest BCUT2D eigenvalue weighted by molar-refractivity contribution is 5.83. The molecule has 1 saturated heterocycles. The Labute approximate surface area is 116 Å². The third-order valence-electron chi connectivity index (χ3n) is 3.29. The van der Waals surface area contributed by atoms with E-state index in [9.17, 15) is 9.59 Å². The zero-order valence-electron chi connectivity index (χ0n) is 12.9. The molecule has 1 unspecified atom stereocenters. The molecular formula is C15H27NO3. The number of rotatable bonds is 2. The number of hydrogen-bond acceptors (Lipinski definition) is 3. The SMILES string of the molecule is CC(C)C(=O)C1CCCCN(C(=O)OC(C)(C)C)C1. The van der Waals surface area contributed by atoms with Crippen molar-refractivity contribution in [2.24, 2.45) is 11.8 Å². The lowest BCUT2D eigenvalue weighted by Crippen LogP contribution is -2.41. The van der Waals surface area contributed by atoms with Crippen LogP contribution in [-0.2, 0) is 9.53 Å². The molecule has 110 valence electrons. The van der Waals surface area contributed by atoms with Gasteiger partial charge in [0.1, 0.15) is 11.4 Å². The summed E-state index contributed by atoms with van der Waals surface area (Å²) >= 11 is 0. The normalized spacial score (nSPS) is 21.2. The lowest BCUT2D eigenvalue weighted by Gasteiger charge is -2.28. The molecule has 1 amide bonds. The van der Waals surface area contributed by atoms with Crippen LogP contribution in [0.15, 0.2) is 0 Å². The fourth-order valence-electron chi connectivity index (χ4n) is 2.34. The predicted octanol–water partition coefficient (Wildman–Crippen LogP) is 3.25. The maximum Gasteiger partial charge on any atom is 0.410 e. The largest absolute Gasteiger partial charge is 0.444 e. The minimum absolute atomic E-state index is 0.0311. The second kappa shape index (κ2) is 6.40. The molecule has 0 aromatic carbocycles. The van der Waals surface area contributed by atoms with E-state index in [4.69, 9.17) is 4.74 Å².